The number of carbonyl (C=O) groups is 1. The molecule has 0 aliphatic carbocycles. The van der Waals surface area contributed by atoms with Crippen LogP contribution in [0.3, 0.4) is 0 Å². The first-order valence-corrected chi connectivity index (χ1v) is 6.06. The van der Waals surface area contributed by atoms with Gasteiger partial charge in [-0.1, -0.05) is 12.1 Å². The first-order chi connectivity index (χ1) is 8.87. The Bertz CT molecular complexity index is 605. The Morgan fingerprint density at radius 2 is 1.95 bits per heavy atom. The number of carbonyl (C=O) groups excluding carboxylic acids is 1. The quantitative estimate of drug-likeness (QED) is 0.906. The lowest BCUT2D eigenvalue weighted by Gasteiger charge is -2.25. The van der Waals surface area contributed by atoms with E-state index in [1.807, 2.05) is 24.3 Å². The van der Waals surface area contributed by atoms with Gasteiger partial charge in [-0.15, -0.1) is 0 Å². The highest BCUT2D eigenvalue weighted by Crippen LogP contribution is 2.11. The average Bonchev–Trinajstić information content (AvgIpc) is 2.35. The molecule has 2 rings (SSSR count). The minimum absolute atomic E-state index is 0.236. The molecule has 1 amide bonds. The van der Waals surface area contributed by atoms with E-state index in [4.69, 9.17) is 0 Å². The maximum absolute atomic E-state index is 12.2. The molecule has 0 bridgehead atoms. The Kier molecular flexibility index (Phi) is 3.48. The van der Waals surface area contributed by atoms with E-state index in [9.17, 15) is 9.90 Å². The molecule has 0 spiro atoms. The fourth-order valence-corrected chi connectivity index (χ4v) is 1.91. The number of para-hydroxylation sites is 2. The number of aliphatic hydroxyl groups is 1. The van der Waals surface area contributed by atoms with E-state index >= 15 is 0 Å². The number of benzene rings is 1. The third kappa shape index (κ3) is 3.26. The van der Waals surface area contributed by atoms with Gasteiger partial charge in [0.2, 0.25) is 0 Å². The fraction of sp³-hybridized carbons (Fsp3) is 0.357. The van der Waals surface area contributed by atoms with Gasteiger partial charge in [0.05, 0.1) is 22.8 Å². The lowest BCUT2D eigenvalue weighted by atomic mass is 10.1. The summed E-state index contributed by atoms with van der Waals surface area (Å²) in [5.74, 6) is -0.250. The zero-order valence-electron chi connectivity index (χ0n) is 11.3. The van der Waals surface area contributed by atoms with Crippen LogP contribution in [0.1, 0.15) is 24.3 Å². The summed E-state index contributed by atoms with van der Waals surface area (Å²) >= 11 is 0. The first kappa shape index (κ1) is 13.4. The van der Waals surface area contributed by atoms with E-state index in [0.29, 0.717) is 5.52 Å². The van der Waals surface area contributed by atoms with Crippen molar-refractivity contribution in [3.63, 3.8) is 0 Å². The smallest absolute Gasteiger partial charge is 0.273 e. The first-order valence-electron chi connectivity index (χ1n) is 6.06. The van der Waals surface area contributed by atoms with Crippen LogP contribution in [0.4, 0.5) is 0 Å². The van der Waals surface area contributed by atoms with Crippen LogP contribution in [0.5, 0.6) is 0 Å². The third-order valence-corrected chi connectivity index (χ3v) is 2.64. The van der Waals surface area contributed by atoms with Gasteiger partial charge < -0.3 is 10.0 Å². The lowest BCUT2D eigenvalue weighted by Crippen LogP contribution is -2.40. The predicted octanol–water partition coefficient (Wildman–Crippen LogP) is 1.47. The van der Waals surface area contributed by atoms with Gasteiger partial charge in [0, 0.05) is 13.6 Å². The molecule has 1 aromatic carbocycles. The van der Waals surface area contributed by atoms with Crippen molar-refractivity contribution >= 4 is 16.9 Å². The van der Waals surface area contributed by atoms with Gasteiger partial charge in [0.25, 0.3) is 5.91 Å². The van der Waals surface area contributed by atoms with E-state index in [1.54, 1.807) is 20.9 Å². The van der Waals surface area contributed by atoms with Gasteiger partial charge in [0.15, 0.2) is 0 Å². The van der Waals surface area contributed by atoms with Crippen LogP contribution in [0.2, 0.25) is 0 Å². The zero-order valence-corrected chi connectivity index (χ0v) is 11.3. The lowest BCUT2D eigenvalue weighted by molar-refractivity contribution is 0.0365. The predicted molar refractivity (Wildman–Crippen MR) is 72.8 cm³/mol. The van der Waals surface area contributed by atoms with E-state index < -0.39 is 5.60 Å². The highest BCUT2D eigenvalue weighted by Gasteiger charge is 2.21. The van der Waals surface area contributed by atoms with Gasteiger partial charge >= 0.3 is 0 Å². The molecular formula is C14H17N3O2. The van der Waals surface area contributed by atoms with E-state index in [2.05, 4.69) is 9.97 Å². The molecule has 0 saturated heterocycles. The maximum atomic E-state index is 12.2. The Hall–Kier alpha value is -2.01. The second-order valence-electron chi connectivity index (χ2n) is 5.22. The van der Waals surface area contributed by atoms with Gasteiger partial charge in [-0.05, 0) is 26.0 Å². The van der Waals surface area contributed by atoms with Crippen LogP contribution in [0.15, 0.2) is 30.5 Å². The molecule has 1 aromatic heterocycles. The summed E-state index contributed by atoms with van der Waals surface area (Å²) in [5, 5.41) is 9.73. The zero-order chi connectivity index (χ0) is 14.0. The molecule has 0 radical (unpaired) electrons. The molecule has 5 nitrogen and oxygen atoms in total. The summed E-state index contributed by atoms with van der Waals surface area (Å²) in [6, 6.07) is 7.39. The van der Waals surface area contributed by atoms with Crippen LogP contribution in [0, 0.1) is 0 Å². The summed E-state index contributed by atoms with van der Waals surface area (Å²) in [6.07, 6.45) is 1.46. The highest BCUT2D eigenvalue weighted by molar-refractivity contribution is 5.93. The van der Waals surface area contributed by atoms with Crippen LogP contribution in [0.25, 0.3) is 11.0 Å². The molecule has 19 heavy (non-hydrogen) atoms. The standard InChI is InChI=1S/C14H17N3O2/c1-14(2,19)9-17(3)13(18)12-8-15-10-6-4-5-7-11(10)16-12/h4-8,19H,9H2,1-3H3. The minimum Gasteiger partial charge on any atom is -0.389 e. The fourth-order valence-electron chi connectivity index (χ4n) is 1.91. The second-order valence-corrected chi connectivity index (χ2v) is 5.22. The van der Waals surface area contributed by atoms with E-state index in [0.717, 1.165) is 5.52 Å². The Labute approximate surface area is 111 Å². The summed E-state index contributed by atoms with van der Waals surface area (Å²) in [4.78, 5) is 22.1. The Morgan fingerprint density at radius 1 is 1.32 bits per heavy atom. The van der Waals surface area contributed by atoms with Crippen LogP contribution < -0.4 is 0 Å². The number of amides is 1. The normalized spacial score (nSPS) is 11.6. The number of hydrogen-bond acceptors (Lipinski definition) is 4. The molecular weight excluding hydrogens is 242 g/mol. The molecule has 0 unspecified atom stereocenters. The summed E-state index contributed by atoms with van der Waals surface area (Å²) < 4.78 is 0. The van der Waals surface area contributed by atoms with Gasteiger partial charge in [-0.2, -0.15) is 0 Å². The molecule has 100 valence electrons. The van der Waals surface area contributed by atoms with Gasteiger partial charge in [-0.3, -0.25) is 9.78 Å². The average molecular weight is 259 g/mol. The van der Waals surface area contributed by atoms with Crippen molar-refractivity contribution in [1.29, 1.82) is 0 Å². The SMILES string of the molecule is CN(CC(C)(C)O)C(=O)c1cnc2ccccc2n1. The van der Waals surface area contributed by atoms with Crippen molar-refractivity contribution in [3.8, 4) is 0 Å². The van der Waals surface area contributed by atoms with Crippen LogP contribution in [-0.4, -0.2) is 45.1 Å². The summed E-state index contributed by atoms with van der Waals surface area (Å²) in [5.41, 5.74) is 0.786. The minimum atomic E-state index is -0.936. The molecule has 2 aromatic rings. The molecule has 5 heteroatoms. The number of rotatable bonds is 3. The Balaban J connectivity index is 2.26. The van der Waals surface area contributed by atoms with E-state index in [-0.39, 0.29) is 18.1 Å². The maximum Gasteiger partial charge on any atom is 0.273 e. The topological polar surface area (TPSA) is 66.3 Å². The van der Waals surface area contributed by atoms with Crippen molar-refractivity contribution in [2.24, 2.45) is 0 Å². The molecule has 0 saturated carbocycles. The number of nitrogens with zero attached hydrogens (tertiary/aromatic N) is 3. The Morgan fingerprint density at radius 3 is 2.58 bits per heavy atom. The van der Waals surface area contributed by atoms with Crippen molar-refractivity contribution in [2.75, 3.05) is 13.6 Å². The van der Waals surface area contributed by atoms with Crippen molar-refractivity contribution in [3.05, 3.63) is 36.2 Å². The number of likely N-dealkylation sites (N-methyl/N-ethyl adjacent to an activating group) is 1. The summed E-state index contributed by atoms with van der Waals surface area (Å²) in [7, 11) is 1.64. The third-order valence-electron chi connectivity index (χ3n) is 2.64. The molecule has 1 heterocycles. The monoisotopic (exact) mass is 259 g/mol. The highest BCUT2D eigenvalue weighted by atomic mass is 16.3. The molecule has 1 N–H and O–H groups in total. The largest absolute Gasteiger partial charge is 0.389 e. The molecule has 0 aliphatic heterocycles. The van der Waals surface area contributed by atoms with E-state index in [1.165, 1.54) is 11.1 Å². The molecule has 0 fully saturated rings. The molecule has 0 aliphatic rings. The van der Waals surface area contributed by atoms with Crippen LogP contribution in [-0.2, 0) is 0 Å². The van der Waals surface area contributed by atoms with Crippen molar-refractivity contribution in [1.82, 2.24) is 14.9 Å². The number of fused-ring (bicyclic) bond motifs is 1. The van der Waals surface area contributed by atoms with Crippen molar-refractivity contribution < 1.29 is 9.90 Å². The summed E-state index contributed by atoms with van der Waals surface area (Å²) in [6.45, 7) is 3.55. The van der Waals surface area contributed by atoms with Gasteiger partial charge in [-0.25, -0.2) is 4.98 Å². The van der Waals surface area contributed by atoms with Crippen molar-refractivity contribution in [2.45, 2.75) is 19.4 Å². The van der Waals surface area contributed by atoms with Gasteiger partial charge in [0.1, 0.15) is 5.69 Å². The number of hydrogen-bond donors (Lipinski definition) is 1. The second kappa shape index (κ2) is 4.93. The van der Waals surface area contributed by atoms with Crippen LogP contribution >= 0.6 is 0 Å². The number of aromatic nitrogens is 2. The molecule has 0 atom stereocenters.